The van der Waals surface area contributed by atoms with Gasteiger partial charge in [0, 0.05) is 12.5 Å². The van der Waals surface area contributed by atoms with Gasteiger partial charge in [-0.2, -0.15) is 0 Å². The first-order chi connectivity index (χ1) is 9.08. The van der Waals surface area contributed by atoms with Gasteiger partial charge in [0.05, 0.1) is 11.7 Å². The average molecular weight is 265 g/mol. The summed E-state index contributed by atoms with van der Waals surface area (Å²) in [6.07, 6.45) is 3.39. The molecule has 104 valence electrons. The number of carbonyl (C=O) groups excluding carboxylic acids is 1. The lowest BCUT2D eigenvalue weighted by atomic mass is 9.86. The molecule has 2 atom stereocenters. The minimum Gasteiger partial charge on any atom is -0.508 e. The molecule has 1 aromatic carbocycles. The smallest absolute Gasteiger partial charge is 0.255 e. The Kier molecular flexibility index (Phi) is 4.27. The zero-order valence-electron chi connectivity index (χ0n) is 10.7. The van der Waals surface area contributed by atoms with Gasteiger partial charge >= 0.3 is 0 Å². The maximum Gasteiger partial charge on any atom is 0.255 e. The van der Waals surface area contributed by atoms with E-state index in [4.69, 9.17) is 0 Å². The van der Waals surface area contributed by atoms with Crippen LogP contribution < -0.4 is 5.32 Å². The summed E-state index contributed by atoms with van der Waals surface area (Å²) < 4.78 is 0. The lowest BCUT2D eigenvalue weighted by Crippen LogP contribution is -2.36. The number of aliphatic hydroxyl groups is 1. The van der Waals surface area contributed by atoms with Crippen molar-refractivity contribution in [3.63, 3.8) is 0 Å². The minimum atomic E-state index is -0.439. The molecule has 0 saturated heterocycles. The molecule has 1 aliphatic carbocycles. The third-order valence-electron chi connectivity index (χ3n) is 3.62. The van der Waals surface area contributed by atoms with E-state index in [1.165, 1.54) is 18.2 Å². The number of carbonyl (C=O) groups is 1. The summed E-state index contributed by atoms with van der Waals surface area (Å²) in [5.74, 6) is -0.608. The number of amides is 1. The molecule has 1 aromatic rings. The molecule has 0 bridgehead atoms. The van der Waals surface area contributed by atoms with Gasteiger partial charge in [-0.25, -0.2) is 0 Å². The summed E-state index contributed by atoms with van der Waals surface area (Å²) in [5, 5.41) is 31.4. The third kappa shape index (κ3) is 3.38. The molecule has 1 amide bonds. The molecule has 1 aliphatic rings. The first-order valence-electron chi connectivity index (χ1n) is 6.56. The SMILES string of the molecule is O=C(NCC1CCCCC1O)c1cc(O)ccc1O. The largest absolute Gasteiger partial charge is 0.508 e. The van der Waals surface area contributed by atoms with Gasteiger partial charge in [0.1, 0.15) is 11.5 Å². The number of hydrogen-bond acceptors (Lipinski definition) is 4. The minimum absolute atomic E-state index is 0.0466. The predicted octanol–water partition coefficient (Wildman–Crippen LogP) is 1.38. The molecule has 2 rings (SSSR count). The van der Waals surface area contributed by atoms with E-state index >= 15 is 0 Å². The Morgan fingerprint density at radius 2 is 2.00 bits per heavy atom. The lowest BCUT2D eigenvalue weighted by molar-refractivity contribution is 0.0662. The summed E-state index contributed by atoms with van der Waals surface area (Å²) in [5.41, 5.74) is 0.0466. The van der Waals surface area contributed by atoms with E-state index in [1.807, 2.05) is 0 Å². The first kappa shape index (κ1) is 13.7. The van der Waals surface area contributed by atoms with E-state index in [2.05, 4.69) is 5.32 Å². The fraction of sp³-hybridized carbons (Fsp3) is 0.500. The Labute approximate surface area is 111 Å². The van der Waals surface area contributed by atoms with Crippen LogP contribution in [0.5, 0.6) is 11.5 Å². The molecule has 5 nitrogen and oxygen atoms in total. The number of aromatic hydroxyl groups is 2. The van der Waals surface area contributed by atoms with E-state index in [0.29, 0.717) is 6.54 Å². The van der Waals surface area contributed by atoms with Crippen molar-refractivity contribution in [3.05, 3.63) is 23.8 Å². The van der Waals surface area contributed by atoms with Crippen molar-refractivity contribution in [2.24, 2.45) is 5.92 Å². The fourth-order valence-corrected chi connectivity index (χ4v) is 2.45. The van der Waals surface area contributed by atoms with Gasteiger partial charge in [-0.1, -0.05) is 12.8 Å². The van der Waals surface area contributed by atoms with Crippen LogP contribution in [-0.2, 0) is 0 Å². The van der Waals surface area contributed by atoms with E-state index in [-0.39, 0.29) is 29.1 Å². The van der Waals surface area contributed by atoms with Crippen molar-refractivity contribution >= 4 is 5.91 Å². The van der Waals surface area contributed by atoms with Gasteiger partial charge in [0.2, 0.25) is 0 Å². The Bertz CT molecular complexity index is 461. The van der Waals surface area contributed by atoms with Crippen LogP contribution in [0.15, 0.2) is 18.2 Å². The van der Waals surface area contributed by atoms with Crippen molar-refractivity contribution in [1.29, 1.82) is 0 Å². The second kappa shape index (κ2) is 5.93. The number of benzene rings is 1. The standard InChI is InChI=1S/C14H19NO4/c16-10-5-6-13(18)11(7-10)14(19)15-8-9-3-1-2-4-12(9)17/h5-7,9,12,16-18H,1-4,8H2,(H,15,19). The topological polar surface area (TPSA) is 89.8 Å². The van der Waals surface area contributed by atoms with Gasteiger partial charge in [-0.3, -0.25) is 4.79 Å². The highest BCUT2D eigenvalue weighted by molar-refractivity contribution is 5.97. The third-order valence-corrected chi connectivity index (χ3v) is 3.62. The number of hydrogen-bond donors (Lipinski definition) is 4. The van der Waals surface area contributed by atoms with E-state index < -0.39 is 5.91 Å². The Hall–Kier alpha value is -1.75. The number of rotatable bonds is 3. The summed E-state index contributed by atoms with van der Waals surface area (Å²) >= 11 is 0. The van der Waals surface area contributed by atoms with Crippen LogP contribution in [0.4, 0.5) is 0 Å². The van der Waals surface area contributed by atoms with Crippen molar-refractivity contribution in [2.45, 2.75) is 31.8 Å². The Morgan fingerprint density at radius 1 is 1.26 bits per heavy atom. The number of aliphatic hydroxyl groups excluding tert-OH is 1. The van der Waals surface area contributed by atoms with Crippen LogP contribution in [0.2, 0.25) is 0 Å². The summed E-state index contributed by atoms with van der Waals surface area (Å²) in [6, 6.07) is 3.82. The molecule has 2 unspecified atom stereocenters. The van der Waals surface area contributed by atoms with E-state index in [9.17, 15) is 20.1 Å². The second-order valence-corrected chi connectivity index (χ2v) is 5.02. The summed E-state index contributed by atoms with van der Waals surface area (Å²) in [4.78, 5) is 11.9. The number of phenolic OH excluding ortho intramolecular Hbond substituents is 2. The van der Waals surface area contributed by atoms with Crippen molar-refractivity contribution in [2.75, 3.05) is 6.54 Å². The molecule has 1 fully saturated rings. The maximum absolute atomic E-state index is 11.9. The van der Waals surface area contributed by atoms with Crippen LogP contribution in [0.25, 0.3) is 0 Å². The van der Waals surface area contributed by atoms with Gasteiger partial charge in [0.25, 0.3) is 5.91 Å². The first-order valence-corrected chi connectivity index (χ1v) is 6.56. The molecule has 0 radical (unpaired) electrons. The molecule has 0 heterocycles. The molecular weight excluding hydrogens is 246 g/mol. The lowest BCUT2D eigenvalue weighted by Gasteiger charge is -2.27. The van der Waals surface area contributed by atoms with Crippen molar-refractivity contribution in [3.8, 4) is 11.5 Å². The number of nitrogens with one attached hydrogen (secondary N) is 1. The van der Waals surface area contributed by atoms with Gasteiger partial charge in [0.15, 0.2) is 0 Å². The molecule has 5 heteroatoms. The number of phenols is 2. The van der Waals surface area contributed by atoms with E-state index in [0.717, 1.165) is 25.7 Å². The molecular formula is C14H19NO4. The molecule has 0 aliphatic heterocycles. The zero-order valence-corrected chi connectivity index (χ0v) is 10.7. The van der Waals surface area contributed by atoms with E-state index in [1.54, 1.807) is 0 Å². The summed E-state index contributed by atoms with van der Waals surface area (Å²) in [7, 11) is 0. The second-order valence-electron chi connectivity index (χ2n) is 5.02. The molecule has 1 saturated carbocycles. The highest BCUT2D eigenvalue weighted by Gasteiger charge is 2.23. The van der Waals surface area contributed by atoms with Crippen molar-refractivity contribution < 1.29 is 20.1 Å². The molecule has 19 heavy (non-hydrogen) atoms. The quantitative estimate of drug-likeness (QED) is 0.621. The van der Waals surface area contributed by atoms with Gasteiger partial charge in [-0.15, -0.1) is 0 Å². The van der Waals surface area contributed by atoms with Crippen LogP contribution in [0.1, 0.15) is 36.0 Å². The summed E-state index contributed by atoms with van der Waals surface area (Å²) in [6.45, 7) is 0.384. The van der Waals surface area contributed by atoms with Crippen LogP contribution in [-0.4, -0.2) is 33.9 Å². The monoisotopic (exact) mass is 265 g/mol. The average Bonchev–Trinajstić information content (AvgIpc) is 2.40. The fourth-order valence-electron chi connectivity index (χ4n) is 2.45. The molecule has 4 N–H and O–H groups in total. The zero-order chi connectivity index (χ0) is 13.8. The van der Waals surface area contributed by atoms with Crippen LogP contribution in [0.3, 0.4) is 0 Å². The molecule has 0 aromatic heterocycles. The van der Waals surface area contributed by atoms with Gasteiger partial charge in [-0.05, 0) is 31.0 Å². The highest BCUT2D eigenvalue weighted by Crippen LogP contribution is 2.25. The Morgan fingerprint density at radius 3 is 2.74 bits per heavy atom. The van der Waals surface area contributed by atoms with Crippen molar-refractivity contribution in [1.82, 2.24) is 5.32 Å². The highest BCUT2D eigenvalue weighted by atomic mass is 16.3. The van der Waals surface area contributed by atoms with Gasteiger partial charge < -0.3 is 20.6 Å². The Balaban J connectivity index is 1.95. The normalized spacial score (nSPS) is 23.0. The van der Waals surface area contributed by atoms with Crippen LogP contribution in [0, 0.1) is 5.92 Å². The maximum atomic E-state index is 11.9. The van der Waals surface area contributed by atoms with Crippen LogP contribution >= 0.6 is 0 Å². The predicted molar refractivity (Wildman–Crippen MR) is 70.1 cm³/mol. The molecule has 0 spiro atoms.